The third kappa shape index (κ3) is 3.64. The summed E-state index contributed by atoms with van der Waals surface area (Å²) in [5, 5.41) is 3.90. The number of amides is 1. The number of carbonyl (C=O) groups is 1. The Balaban J connectivity index is 0.00000110. The van der Waals surface area contributed by atoms with Crippen molar-refractivity contribution in [3.05, 3.63) is 42.1 Å². The van der Waals surface area contributed by atoms with Gasteiger partial charge >= 0.3 is 0 Å². The summed E-state index contributed by atoms with van der Waals surface area (Å²) in [6.07, 6.45) is 4.83. The molecule has 0 spiro atoms. The second-order valence-electron chi connectivity index (χ2n) is 5.28. The molecule has 0 unspecified atom stereocenters. The number of pyridine rings is 1. The van der Waals surface area contributed by atoms with Gasteiger partial charge in [-0.3, -0.25) is 9.78 Å². The molecule has 1 aromatic heterocycles. The van der Waals surface area contributed by atoms with Crippen molar-refractivity contribution < 1.29 is 4.79 Å². The van der Waals surface area contributed by atoms with Crippen LogP contribution >= 0.6 is 24.8 Å². The number of nitrogens with zero attached hydrogens (tertiary/aromatic N) is 1. The molecule has 6 heteroatoms. The zero-order chi connectivity index (χ0) is 13.3. The summed E-state index contributed by atoms with van der Waals surface area (Å²) in [7, 11) is 0. The Kier molecular flexibility index (Phi) is 5.96. The Bertz CT molecular complexity index is 624. The molecule has 1 aromatic carbocycles. The van der Waals surface area contributed by atoms with Crippen LogP contribution in [0.2, 0.25) is 0 Å². The van der Waals surface area contributed by atoms with Gasteiger partial charge in [-0.2, -0.15) is 0 Å². The minimum absolute atomic E-state index is 0. The van der Waals surface area contributed by atoms with Gasteiger partial charge in [-0.1, -0.05) is 18.2 Å². The highest BCUT2D eigenvalue weighted by atomic mass is 35.5. The first-order chi connectivity index (χ1) is 9.18. The van der Waals surface area contributed by atoms with Crippen molar-refractivity contribution in [1.82, 2.24) is 10.3 Å². The molecule has 4 nitrogen and oxygen atoms in total. The maximum Gasteiger partial charge on any atom is 0.253 e. The Labute approximate surface area is 136 Å². The SMILES string of the molecule is Cl.Cl.NC1(CNC(=O)c2cccc3cccnc23)CCC1. The number of nitrogens with one attached hydrogen (secondary N) is 1. The molecule has 0 atom stereocenters. The lowest BCUT2D eigenvalue weighted by atomic mass is 9.78. The first kappa shape index (κ1) is 17.7. The molecular weight excluding hydrogens is 309 g/mol. The highest BCUT2D eigenvalue weighted by molar-refractivity contribution is 6.05. The van der Waals surface area contributed by atoms with E-state index in [9.17, 15) is 4.79 Å². The molecule has 2 aromatic rings. The minimum atomic E-state index is -0.201. The van der Waals surface area contributed by atoms with E-state index in [2.05, 4.69) is 10.3 Å². The van der Waals surface area contributed by atoms with Crippen molar-refractivity contribution in [3.8, 4) is 0 Å². The van der Waals surface area contributed by atoms with Crippen LogP contribution in [0, 0.1) is 0 Å². The molecule has 1 amide bonds. The highest BCUT2D eigenvalue weighted by Gasteiger charge is 2.32. The Morgan fingerprint density at radius 3 is 2.62 bits per heavy atom. The molecule has 1 saturated carbocycles. The van der Waals surface area contributed by atoms with E-state index in [1.807, 2.05) is 24.3 Å². The second-order valence-corrected chi connectivity index (χ2v) is 5.28. The van der Waals surface area contributed by atoms with Crippen molar-refractivity contribution >= 4 is 41.6 Å². The van der Waals surface area contributed by atoms with E-state index in [1.54, 1.807) is 12.3 Å². The molecule has 1 aliphatic carbocycles. The number of hydrogen-bond acceptors (Lipinski definition) is 3. The largest absolute Gasteiger partial charge is 0.350 e. The monoisotopic (exact) mass is 327 g/mol. The summed E-state index contributed by atoms with van der Waals surface area (Å²) in [4.78, 5) is 16.5. The molecule has 114 valence electrons. The second kappa shape index (κ2) is 7.07. The van der Waals surface area contributed by atoms with Crippen LogP contribution in [-0.4, -0.2) is 23.0 Å². The molecular formula is C15H19Cl2N3O. The van der Waals surface area contributed by atoms with E-state index >= 15 is 0 Å². The van der Waals surface area contributed by atoms with E-state index in [0.29, 0.717) is 12.1 Å². The molecule has 0 saturated heterocycles. The lowest BCUT2D eigenvalue weighted by Crippen LogP contribution is -2.54. The minimum Gasteiger partial charge on any atom is -0.350 e. The van der Waals surface area contributed by atoms with Crippen LogP contribution in [0.3, 0.4) is 0 Å². The molecule has 0 radical (unpaired) electrons. The summed E-state index contributed by atoms with van der Waals surface area (Å²) in [6.45, 7) is 0.537. The van der Waals surface area contributed by atoms with Gasteiger partial charge in [0.1, 0.15) is 0 Å². The smallest absolute Gasteiger partial charge is 0.253 e. The predicted molar refractivity (Wildman–Crippen MR) is 89.3 cm³/mol. The van der Waals surface area contributed by atoms with Crippen LogP contribution in [0.5, 0.6) is 0 Å². The van der Waals surface area contributed by atoms with Gasteiger partial charge in [-0.05, 0) is 31.4 Å². The number of nitrogens with two attached hydrogens (primary N) is 1. The maximum absolute atomic E-state index is 12.2. The molecule has 1 aliphatic rings. The average molecular weight is 328 g/mol. The molecule has 3 N–H and O–H groups in total. The van der Waals surface area contributed by atoms with Gasteiger partial charge in [0.15, 0.2) is 0 Å². The molecule has 1 heterocycles. The Morgan fingerprint density at radius 1 is 1.24 bits per heavy atom. The summed E-state index contributed by atoms with van der Waals surface area (Å²) < 4.78 is 0. The third-order valence-corrected chi connectivity index (χ3v) is 3.83. The zero-order valence-corrected chi connectivity index (χ0v) is 13.2. The topological polar surface area (TPSA) is 68.0 Å². The van der Waals surface area contributed by atoms with Crippen molar-refractivity contribution in [2.75, 3.05) is 6.54 Å². The molecule has 1 fully saturated rings. The fraction of sp³-hybridized carbons (Fsp3) is 0.333. The average Bonchev–Trinajstić information content (AvgIpc) is 2.42. The number of rotatable bonds is 3. The lowest BCUT2D eigenvalue weighted by molar-refractivity contribution is 0.0931. The van der Waals surface area contributed by atoms with E-state index in [1.165, 1.54) is 0 Å². The summed E-state index contributed by atoms with van der Waals surface area (Å²) in [5.41, 5.74) is 7.26. The number of halogens is 2. The number of carbonyl (C=O) groups excluding carboxylic acids is 1. The van der Waals surface area contributed by atoms with Crippen molar-refractivity contribution in [2.24, 2.45) is 5.73 Å². The third-order valence-electron chi connectivity index (χ3n) is 3.83. The first-order valence-electron chi connectivity index (χ1n) is 6.59. The lowest BCUT2D eigenvalue weighted by Gasteiger charge is -2.38. The molecule has 0 aliphatic heterocycles. The van der Waals surface area contributed by atoms with E-state index < -0.39 is 0 Å². The maximum atomic E-state index is 12.2. The summed E-state index contributed by atoms with van der Waals surface area (Å²) >= 11 is 0. The number of aromatic nitrogens is 1. The van der Waals surface area contributed by atoms with E-state index in [4.69, 9.17) is 5.73 Å². The van der Waals surface area contributed by atoms with Crippen molar-refractivity contribution in [2.45, 2.75) is 24.8 Å². The normalized spacial score (nSPS) is 15.3. The van der Waals surface area contributed by atoms with Crippen LogP contribution in [0.15, 0.2) is 36.5 Å². The number of fused-ring (bicyclic) bond motifs is 1. The van der Waals surface area contributed by atoms with Gasteiger partial charge in [0.2, 0.25) is 0 Å². The highest BCUT2D eigenvalue weighted by Crippen LogP contribution is 2.28. The summed E-state index contributed by atoms with van der Waals surface area (Å²) in [5.74, 6) is -0.0963. The van der Waals surface area contributed by atoms with Crippen LogP contribution in [0.1, 0.15) is 29.6 Å². The van der Waals surface area contributed by atoms with E-state index in [0.717, 1.165) is 30.2 Å². The molecule has 3 rings (SSSR count). The van der Waals surface area contributed by atoms with Gasteiger partial charge in [0.25, 0.3) is 5.91 Å². The Hall–Kier alpha value is -1.36. The quantitative estimate of drug-likeness (QED) is 0.910. The van der Waals surface area contributed by atoms with Gasteiger partial charge in [0.05, 0.1) is 11.1 Å². The zero-order valence-electron chi connectivity index (χ0n) is 11.5. The van der Waals surface area contributed by atoms with Crippen LogP contribution in [-0.2, 0) is 0 Å². The standard InChI is InChI=1S/C15H17N3O.2ClH/c16-15(7-3-8-15)10-18-14(19)12-6-1-4-11-5-2-9-17-13(11)12;;/h1-2,4-6,9H,3,7-8,10,16H2,(H,18,19);2*1H. The predicted octanol–water partition coefficient (Wildman–Crippen LogP) is 2.69. The van der Waals surface area contributed by atoms with Crippen LogP contribution in [0.25, 0.3) is 10.9 Å². The fourth-order valence-corrected chi connectivity index (χ4v) is 2.45. The fourth-order valence-electron chi connectivity index (χ4n) is 2.45. The van der Waals surface area contributed by atoms with Gasteiger partial charge in [-0.15, -0.1) is 24.8 Å². The first-order valence-corrected chi connectivity index (χ1v) is 6.59. The Morgan fingerprint density at radius 2 is 1.95 bits per heavy atom. The summed E-state index contributed by atoms with van der Waals surface area (Å²) in [6, 6.07) is 9.45. The van der Waals surface area contributed by atoms with Crippen molar-refractivity contribution in [1.29, 1.82) is 0 Å². The van der Waals surface area contributed by atoms with Gasteiger partial charge < -0.3 is 11.1 Å². The van der Waals surface area contributed by atoms with Crippen molar-refractivity contribution in [3.63, 3.8) is 0 Å². The molecule has 0 bridgehead atoms. The molecule has 21 heavy (non-hydrogen) atoms. The number of para-hydroxylation sites is 1. The van der Waals surface area contributed by atoms with E-state index in [-0.39, 0.29) is 36.3 Å². The van der Waals surface area contributed by atoms with Gasteiger partial charge in [0, 0.05) is 23.7 Å². The number of benzene rings is 1. The van der Waals surface area contributed by atoms with Gasteiger partial charge in [-0.25, -0.2) is 0 Å². The number of hydrogen-bond donors (Lipinski definition) is 2. The van der Waals surface area contributed by atoms with Crippen LogP contribution in [0.4, 0.5) is 0 Å². The van der Waals surface area contributed by atoms with Crippen LogP contribution < -0.4 is 11.1 Å².